The summed E-state index contributed by atoms with van der Waals surface area (Å²) in [5.74, 6) is 4.70. The Morgan fingerprint density at radius 2 is 2.38 bits per heavy atom. The van der Waals surface area contributed by atoms with Crippen molar-refractivity contribution < 1.29 is 14.6 Å². The summed E-state index contributed by atoms with van der Waals surface area (Å²) in [6, 6.07) is 0. The number of hydrazine groups is 1. The molecule has 0 bridgehead atoms. The molecule has 0 aromatic carbocycles. The molecule has 0 aromatic heterocycles. The second kappa shape index (κ2) is 7.14. The molecule has 13 heavy (non-hydrogen) atoms. The van der Waals surface area contributed by atoms with Crippen molar-refractivity contribution in [1.82, 2.24) is 5.43 Å². The van der Waals surface area contributed by atoms with E-state index in [1.54, 1.807) is 0 Å². The van der Waals surface area contributed by atoms with E-state index < -0.39 is 0 Å². The number of thioether (sulfide) groups is 1. The predicted molar refractivity (Wildman–Crippen MR) is 52.1 cm³/mol. The van der Waals surface area contributed by atoms with Gasteiger partial charge in [0.1, 0.15) is 5.25 Å². The lowest BCUT2D eigenvalue weighted by molar-refractivity contribution is -0.121. The Kier molecular flexibility index (Phi) is 6.97. The van der Waals surface area contributed by atoms with Gasteiger partial charge in [-0.05, 0) is 0 Å². The normalized spacial score (nSPS) is 15.1. The first-order chi connectivity index (χ1) is 6.15. The highest BCUT2D eigenvalue weighted by molar-refractivity contribution is 8.01. The molecule has 0 aliphatic rings. The van der Waals surface area contributed by atoms with Gasteiger partial charge in [-0.3, -0.25) is 10.2 Å². The second-order valence-corrected chi connectivity index (χ2v) is 4.23. The van der Waals surface area contributed by atoms with Gasteiger partial charge < -0.3 is 9.84 Å². The fourth-order valence-electron chi connectivity index (χ4n) is 0.745. The molecule has 0 spiro atoms. The van der Waals surface area contributed by atoms with Crippen LogP contribution in [0, 0.1) is 0 Å². The van der Waals surface area contributed by atoms with E-state index in [4.69, 9.17) is 15.7 Å². The largest absolute Gasteiger partial charge is 0.395 e. The van der Waals surface area contributed by atoms with Crippen LogP contribution >= 0.6 is 11.8 Å². The Morgan fingerprint density at radius 1 is 1.77 bits per heavy atom. The zero-order chi connectivity index (χ0) is 10.3. The van der Waals surface area contributed by atoms with E-state index in [2.05, 4.69) is 5.43 Å². The summed E-state index contributed by atoms with van der Waals surface area (Å²) in [5.41, 5.74) is 2.06. The van der Waals surface area contributed by atoms with Gasteiger partial charge in [-0.25, -0.2) is 5.84 Å². The fraction of sp³-hybridized carbons (Fsp3) is 0.857. The zero-order valence-electron chi connectivity index (χ0n) is 7.82. The molecule has 0 saturated carbocycles. The quantitative estimate of drug-likeness (QED) is 0.299. The number of rotatable bonds is 6. The maximum atomic E-state index is 11.1. The summed E-state index contributed by atoms with van der Waals surface area (Å²) in [7, 11) is 1.51. The van der Waals surface area contributed by atoms with Gasteiger partial charge in [0.25, 0.3) is 0 Å². The Labute approximate surface area is 82.0 Å². The highest BCUT2D eigenvalue weighted by Gasteiger charge is 2.20. The fourth-order valence-corrected chi connectivity index (χ4v) is 1.80. The minimum Gasteiger partial charge on any atom is -0.395 e. The third kappa shape index (κ3) is 5.09. The maximum absolute atomic E-state index is 11.1. The van der Waals surface area contributed by atoms with Gasteiger partial charge in [-0.1, -0.05) is 6.92 Å². The molecule has 78 valence electrons. The summed E-state index contributed by atoms with van der Waals surface area (Å²) in [6.45, 7) is 2.15. The van der Waals surface area contributed by atoms with E-state index in [1.165, 1.54) is 18.9 Å². The van der Waals surface area contributed by atoms with Gasteiger partial charge in [0.05, 0.1) is 13.2 Å². The van der Waals surface area contributed by atoms with E-state index in [0.29, 0.717) is 0 Å². The molecule has 0 aliphatic carbocycles. The number of amides is 1. The van der Waals surface area contributed by atoms with E-state index >= 15 is 0 Å². The Hall–Kier alpha value is -0.300. The van der Waals surface area contributed by atoms with Gasteiger partial charge in [0, 0.05) is 12.4 Å². The van der Waals surface area contributed by atoms with Crippen molar-refractivity contribution >= 4 is 17.7 Å². The van der Waals surface area contributed by atoms with E-state index in [1.807, 2.05) is 6.92 Å². The number of aliphatic hydroxyl groups excluding tert-OH is 1. The van der Waals surface area contributed by atoms with Crippen LogP contribution in [0.25, 0.3) is 0 Å². The van der Waals surface area contributed by atoms with Crippen molar-refractivity contribution in [3.8, 4) is 0 Å². The summed E-state index contributed by atoms with van der Waals surface area (Å²) >= 11 is 1.33. The van der Waals surface area contributed by atoms with Crippen molar-refractivity contribution in [2.24, 2.45) is 5.84 Å². The van der Waals surface area contributed by atoms with Crippen LogP contribution in [-0.2, 0) is 9.53 Å². The van der Waals surface area contributed by atoms with Crippen molar-refractivity contribution in [1.29, 1.82) is 0 Å². The van der Waals surface area contributed by atoms with Crippen molar-refractivity contribution in [2.75, 3.05) is 20.3 Å². The first kappa shape index (κ1) is 12.7. The molecule has 5 nitrogen and oxygen atoms in total. The number of ether oxygens (including phenoxy) is 1. The lowest BCUT2D eigenvalue weighted by Crippen LogP contribution is -2.40. The van der Waals surface area contributed by atoms with E-state index in [9.17, 15) is 4.79 Å². The lowest BCUT2D eigenvalue weighted by atomic mass is 10.4. The maximum Gasteiger partial charge on any atom is 0.249 e. The molecule has 6 heteroatoms. The molecule has 0 aliphatic heterocycles. The molecule has 0 rings (SSSR count). The van der Waals surface area contributed by atoms with Crippen LogP contribution in [0.15, 0.2) is 0 Å². The SMILES string of the molecule is COCC(SC(C)CO)C(=O)NN. The minimum absolute atomic E-state index is 0.00236. The number of aliphatic hydroxyl groups is 1. The molecule has 2 atom stereocenters. The standard InChI is InChI=1S/C7H16N2O3S/c1-5(3-10)13-6(4-12-2)7(11)9-8/h5-6,10H,3-4,8H2,1-2H3,(H,9,11). The van der Waals surface area contributed by atoms with Crippen LogP contribution in [0.2, 0.25) is 0 Å². The zero-order valence-corrected chi connectivity index (χ0v) is 8.63. The van der Waals surface area contributed by atoms with Crippen LogP contribution in [0.1, 0.15) is 6.92 Å². The second-order valence-electron chi connectivity index (χ2n) is 2.58. The summed E-state index contributed by atoms with van der Waals surface area (Å²) in [6.07, 6.45) is 0. The Bertz CT molecular complexity index is 157. The highest BCUT2D eigenvalue weighted by atomic mass is 32.2. The summed E-state index contributed by atoms with van der Waals surface area (Å²) < 4.78 is 4.85. The van der Waals surface area contributed by atoms with Crippen LogP contribution in [0.5, 0.6) is 0 Å². The van der Waals surface area contributed by atoms with Crippen LogP contribution < -0.4 is 11.3 Å². The minimum atomic E-state index is -0.364. The van der Waals surface area contributed by atoms with Crippen molar-refractivity contribution in [2.45, 2.75) is 17.4 Å². The van der Waals surface area contributed by atoms with Crippen LogP contribution in [0.4, 0.5) is 0 Å². The van der Waals surface area contributed by atoms with Gasteiger partial charge >= 0.3 is 0 Å². The number of hydrogen-bond acceptors (Lipinski definition) is 5. The molecular formula is C7H16N2O3S. The molecular weight excluding hydrogens is 192 g/mol. The average molecular weight is 208 g/mol. The lowest BCUT2D eigenvalue weighted by Gasteiger charge is -2.16. The van der Waals surface area contributed by atoms with Crippen LogP contribution in [-0.4, -0.2) is 41.8 Å². The number of nitrogens with two attached hydrogens (primary N) is 1. The molecule has 0 aromatic rings. The van der Waals surface area contributed by atoms with Gasteiger partial charge in [0.2, 0.25) is 5.91 Å². The number of nitrogens with one attached hydrogen (secondary N) is 1. The van der Waals surface area contributed by atoms with Gasteiger partial charge in [-0.15, -0.1) is 11.8 Å². The molecule has 0 radical (unpaired) electrons. The smallest absolute Gasteiger partial charge is 0.249 e. The number of carbonyl (C=O) groups is 1. The molecule has 0 saturated heterocycles. The van der Waals surface area contributed by atoms with Gasteiger partial charge in [-0.2, -0.15) is 0 Å². The van der Waals surface area contributed by atoms with Crippen molar-refractivity contribution in [3.05, 3.63) is 0 Å². The molecule has 0 fully saturated rings. The first-order valence-corrected chi connectivity index (χ1v) is 4.85. The summed E-state index contributed by atoms with van der Waals surface area (Å²) in [5, 5.41) is 8.42. The predicted octanol–water partition coefficient (Wildman–Crippen LogP) is -0.895. The van der Waals surface area contributed by atoms with E-state index in [-0.39, 0.29) is 29.6 Å². The summed E-state index contributed by atoms with van der Waals surface area (Å²) in [4.78, 5) is 11.1. The molecule has 0 heterocycles. The van der Waals surface area contributed by atoms with Gasteiger partial charge in [0.15, 0.2) is 0 Å². The number of carbonyl (C=O) groups excluding carboxylic acids is 1. The average Bonchev–Trinajstić information content (AvgIpc) is 2.15. The molecule has 1 amide bonds. The third-order valence-corrected chi connectivity index (χ3v) is 2.70. The molecule has 2 unspecified atom stereocenters. The third-order valence-electron chi connectivity index (χ3n) is 1.41. The topological polar surface area (TPSA) is 84.6 Å². The molecule has 4 N–H and O–H groups in total. The Morgan fingerprint density at radius 3 is 2.77 bits per heavy atom. The number of hydrogen-bond donors (Lipinski definition) is 3. The highest BCUT2D eigenvalue weighted by Crippen LogP contribution is 2.17. The monoisotopic (exact) mass is 208 g/mol. The Balaban J connectivity index is 4.00. The van der Waals surface area contributed by atoms with Crippen molar-refractivity contribution in [3.63, 3.8) is 0 Å². The first-order valence-electron chi connectivity index (χ1n) is 3.91. The van der Waals surface area contributed by atoms with Crippen LogP contribution in [0.3, 0.4) is 0 Å². The van der Waals surface area contributed by atoms with E-state index in [0.717, 1.165) is 0 Å². The number of methoxy groups -OCH3 is 1.